The van der Waals surface area contributed by atoms with Crippen LogP contribution in [0.5, 0.6) is 0 Å². The van der Waals surface area contributed by atoms with Gasteiger partial charge >= 0.3 is 0 Å². The van der Waals surface area contributed by atoms with E-state index in [4.69, 9.17) is 0 Å². The van der Waals surface area contributed by atoms with Crippen LogP contribution in [0.4, 0.5) is 0 Å². The molecule has 0 unspecified atom stereocenters. The predicted octanol–water partition coefficient (Wildman–Crippen LogP) is 5.89. The molecule has 2 aliphatic carbocycles. The normalized spacial score (nSPS) is 11.4. The average Bonchev–Trinajstić information content (AvgIpc) is 2.85. The molecule has 0 atom stereocenters. The molecule has 0 spiro atoms. The molecule has 0 fully saturated rings. The van der Waals surface area contributed by atoms with Crippen LogP contribution in [0.25, 0.3) is 23.3 Å². The van der Waals surface area contributed by atoms with Crippen molar-refractivity contribution in [2.45, 2.75) is 20.8 Å². The molecule has 0 radical (unpaired) electrons. The van der Waals surface area contributed by atoms with E-state index in [0.29, 0.717) is 0 Å². The Kier molecular flexibility index (Phi) is 3.62. The molecule has 0 aliphatic heterocycles. The molecule has 0 saturated carbocycles. The molecule has 0 amide bonds. The second-order valence-corrected chi connectivity index (χ2v) is 5.72. The maximum atomic E-state index is 2.27. The first-order valence-corrected chi connectivity index (χ1v) is 7.39. The third-order valence-corrected chi connectivity index (χ3v) is 3.95. The zero-order valence-corrected chi connectivity index (χ0v) is 12.9. The number of rotatable bonds is 2. The molecule has 1 aromatic rings. The van der Waals surface area contributed by atoms with Crippen LogP contribution in [0.15, 0.2) is 54.6 Å². The average molecular weight is 272 g/mol. The Morgan fingerprint density at radius 3 is 2.19 bits per heavy atom. The number of aryl methyl sites for hydroxylation is 3. The molecule has 0 bridgehead atoms. The molecule has 0 nitrogen and oxygen atoms in total. The first-order valence-electron chi connectivity index (χ1n) is 7.39. The van der Waals surface area contributed by atoms with Gasteiger partial charge in [0.1, 0.15) is 0 Å². The summed E-state index contributed by atoms with van der Waals surface area (Å²) in [6.07, 6.45) is 4.41. The van der Waals surface area contributed by atoms with Crippen molar-refractivity contribution in [3.05, 3.63) is 82.4 Å². The fraction of sp³-hybridized carbons (Fsp3) is 0.143. The van der Waals surface area contributed by atoms with Crippen LogP contribution in [0.1, 0.15) is 27.8 Å². The van der Waals surface area contributed by atoms with E-state index < -0.39 is 0 Å². The lowest BCUT2D eigenvalue weighted by molar-refractivity contribution is 1.42. The van der Waals surface area contributed by atoms with E-state index in [1.165, 1.54) is 38.9 Å². The van der Waals surface area contributed by atoms with Gasteiger partial charge in [-0.25, -0.2) is 0 Å². The van der Waals surface area contributed by atoms with Gasteiger partial charge in [-0.3, -0.25) is 0 Å². The number of hydrogen-bond donors (Lipinski definition) is 0. The van der Waals surface area contributed by atoms with E-state index in [9.17, 15) is 0 Å². The van der Waals surface area contributed by atoms with Gasteiger partial charge in [0, 0.05) is 0 Å². The first kappa shape index (κ1) is 13.6. The summed E-state index contributed by atoms with van der Waals surface area (Å²) in [7, 11) is 0. The van der Waals surface area contributed by atoms with Crippen LogP contribution in [0.2, 0.25) is 0 Å². The summed E-state index contributed by atoms with van der Waals surface area (Å²) < 4.78 is 0. The van der Waals surface area contributed by atoms with E-state index >= 15 is 0 Å². The van der Waals surface area contributed by atoms with Crippen molar-refractivity contribution in [2.24, 2.45) is 0 Å². The maximum Gasteiger partial charge on any atom is -0.00794 e. The van der Waals surface area contributed by atoms with Crippen molar-refractivity contribution in [3.8, 4) is 11.1 Å². The van der Waals surface area contributed by atoms with Crippen LogP contribution < -0.4 is 0 Å². The lowest BCUT2D eigenvalue weighted by Gasteiger charge is -2.03. The smallest absolute Gasteiger partial charge is 0.00794 e. The van der Waals surface area contributed by atoms with Gasteiger partial charge < -0.3 is 0 Å². The Balaban J connectivity index is 2.09. The minimum atomic E-state index is 1.23. The molecule has 0 N–H and O–H groups in total. The number of hydrogen-bond acceptors (Lipinski definition) is 0. The zero-order chi connectivity index (χ0) is 14.8. The lowest BCUT2D eigenvalue weighted by Crippen LogP contribution is -1.80. The second-order valence-electron chi connectivity index (χ2n) is 5.72. The van der Waals surface area contributed by atoms with E-state index in [1.54, 1.807) is 0 Å². The molecule has 0 aromatic heterocycles. The molecule has 104 valence electrons. The van der Waals surface area contributed by atoms with Gasteiger partial charge in [-0.1, -0.05) is 72.3 Å². The van der Waals surface area contributed by atoms with Gasteiger partial charge in [0.25, 0.3) is 0 Å². The van der Waals surface area contributed by atoms with Crippen LogP contribution in [-0.4, -0.2) is 0 Å². The molecule has 0 heterocycles. The molecule has 0 saturated heterocycles. The Labute approximate surface area is 127 Å². The van der Waals surface area contributed by atoms with Crippen molar-refractivity contribution in [2.75, 3.05) is 0 Å². The Hall–Kier alpha value is -2.34. The van der Waals surface area contributed by atoms with E-state index in [-0.39, 0.29) is 0 Å². The van der Waals surface area contributed by atoms with Crippen molar-refractivity contribution in [1.29, 1.82) is 0 Å². The monoisotopic (exact) mass is 272 g/mol. The molecule has 3 rings (SSSR count). The highest BCUT2D eigenvalue weighted by atomic mass is 14.2. The summed E-state index contributed by atoms with van der Waals surface area (Å²) in [6.45, 7) is 6.56. The second kappa shape index (κ2) is 5.57. The highest BCUT2D eigenvalue weighted by Crippen LogP contribution is 2.34. The van der Waals surface area contributed by atoms with Crippen LogP contribution in [-0.2, 0) is 0 Å². The fourth-order valence-corrected chi connectivity index (χ4v) is 3.03. The maximum absolute atomic E-state index is 2.27. The summed E-state index contributed by atoms with van der Waals surface area (Å²) >= 11 is 0. The number of fused-ring (bicyclic) bond motifs is 1. The number of benzene rings is 1. The highest BCUT2D eigenvalue weighted by Gasteiger charge is 2.12. The van der Waals surface area contributed by atoms with E-state index in [0.717, 1.165) is 0 Å². The molecule has 21 heavy (non-hydrogen) atoms. The van der Waals surface area contributed by atoms with Crippen molar-refractivity contribution in [1.82, 2.24) is 0 Å². The standard InChI is InChI=1S/C21H20/c1-15-13-16(2)20-12-11-19(21(20)17(3)14-15)10-9-18-7-5-4-6-8-18/h4-14H,1-3H3. The Morgan fingerprint density at radius 1 is 0.714 bits per heavy atom. The lowest BCUT2D eigenvalue weighted by atomic mass is 10.0. The van der Waals surface area contributed by atoms with E-state index in [1.807, 2.05) is 6.07 Å². The van der Waals surface area contributed by atoms with Gasteiger partial charge in [-0.05, 0) is 54.2 Å². The summed E-state index contributed by atoms with van der Waals surface area (Å²) in [5.41, 5.74) is 9.26. The van der Waals surface area contributed by atoms with Gasteiger partial charge in [0.15, 0.2) is 0 Å². The topological polar surface area (TPSA) is 0 Å². The minimum Gasteiger partial charge on any atom is -0.0622 e. The molecular formula is C21H20. The SMILES string of the molecule is Cc1cc(C)c2ccc(C=Cc3ccccc3)c-2c(C)c1. The van der Waals surface area contributed by atoms with Gasteiger partial charge in [0.05, 0.1) is 0 Å². The fourth-order valence-electron chi connectivity index (χ4n) is 3.03. The summed E-state index contributed by atoms with van der Waals surface area (Å²) in [5, 5.41) is 0. The van der Waals surface area contributed by atoms with Crippen LogP contribution in [0, 0.1) is 20.8 Å². The molecule has 2 aliphatic rings. The van der Waals surface area contributed by atoms with Crippen molar-refractivity contribution in [3.63, 3.8) is 0 Å². The first-order chi connectivity index (χ1) is 10.1. The van der Waals surface area contributed by atoms with Gasteiger partial charge in [0.2, 0.25) is 0 Å². The third-order valence-electron chi connectivity index (χ3n) is 3.95. The summed E-state index contributed by atoms with van der Waals surface area (Å²) in [5.74, 6) is 0. The Morgan fingerprint density at radius 2 is 1.43 bits per heavy atom. The van der Waals surface area contributed by atoms with Gasteiger partial charge in [-0.15, -0.1) is 0 Å². The zero-order valence-electron chi connectivity index (χ0n) is 12.9. The molecule has 1 aromatic carbocycles. The van der Waals surface area contributed by atoms with Crippen LogP contribution in [0.3, 0.4) is 0 Å². The third kappa shape index (κ3) is 2.75. The largest absolute Gasteiger partial charge is 0.0622 e. The summed E-state index contributed by atoms with van der Waals surface area (Å²) in [6, 6.07) is 19.4. The van der Waals surface area contributed by atoms with Crippen LogP contribution >= 0.6 is 0 Å². The predicted molar refractivity (Wildman–Crippen MR) is 92.6 cm³/mol. The quantitative estimate of drug-likeness (QED) is 0.546. The summed E-state index contributed by atoms with van der Waals surface area (Å²) in [4.78, 5) is 0. The Bertz CT molecular complexity index is 764. The van der Waals surface area contributed by atoms with Gasteiger partial charge in [-0.2, -0.15) is 0 Å². The molecule has 0 heteroatoms. The van der Waals surface area contributed by atoms with E-state index in [2.05, 4.69) is 81.5 Å². The van der Waals surface area contributed by atoms with Crippen molar-refractivity contribution >= 4 is 12.2 Å². The molecular weight excluding hydrogens is 252 g/mol. The minimum absolute atomic E-state index is 1.23. The van der Waals surface area contributed by atoms with Crippen molar-refractivity contribution < 1.29 is 0 Å². The highest BCUT2D eigenvalue weighted by molar-refractivity contribution is 5.86.